The van der Waals surface area contributed by atoms with E-state index in [1.165, 1.54) is 35.5 Å². The number of nitrogens with two attached hydrogens (primary N) is 1. The van der Waals surface area contributed by atoms with E-state index in [0.29, 0.717) is 16.1 Å². The summed E-state index contributed by atoms with van der Waals surface area (Å²) < 4.78 is 34.0. The highest BCUT2D eigenvalue weighted by Crippen LogP contribution is 2.36. The zero-order valence-corrected chi connectivity index (χ0v) is 19.4. The zero-order valence-electron chi connectivity index (χ0n) is 17.8. The molecule has 32 heavy (non-hydrogen) atoms. The van der Waals surface area contributed by atoms with Gasteiger partial charge in [0.2, 0.25) is 10.0 Å². The third kappa shape index (κ3) is 4.15. The lowest BCUT2D eigenvalue weighted by Crippen LogP contribution is -2.19. The fraction of sp³-hybridized carbons (Fsp3) is 0.381. The number of rotatable bonds is 5. The van der Waals surface area contributed by atoms with Crippen LogP contribution in [0, 0.1) is 5.92 Å². The minimum absolute atomic E-state index is 0.0181. The zero-order chi connectivity index (χ0) is 23.2. The summed E-state index contributed by atoms with van der Waals surface area (Å²) in [6, 6.07) is 3.79. The first-order valence-electron chi connectivity index (χ1n) is 10.0. The molecule has 11 heteroatoms. The Morgan fingerprint density at radius 1 is 1.38 bits per heavy atom. The summed E-state index contributed by atoms with van der Waals surface area (Å²) in [7, 11) is -2.81. The largest absolute Gasteiger partial charge is 0.495 e. The SMILES string of the molecule is COc1ccc(C(=O)OC(C)c2nc3sc4c(c3c(=O)[nH]2)CCC(C)C4)cc1S(N)(=O)=O. The molecule has 9 nitrogen and oxygen atoms in total. The number of methoxy groups -OCH3 is 1. The molecule has 2 heterocycles. The van der Waals surface area contributed by atoms with Crippen LogP contribution in [0.3, 0.4) is 0 Å². The lowest BCUT2D eigenvalue weighted by Gasteiger charge is -2.17. The highest BCUT2D eigenvalue weighted by atomic mass is 32.2. The predicted octanol–water partition coefficient (Wildman–Crippen LogP) is 2.68. The molecule has 2 atom stereocenters. The number of fused-ring (bicyclic) bond motifs is 3. The smallest absolute Gasteiger partial charge is 0.338 e. The van der Waals surface area contributed by atoms with Gasteiger partial charge in [-0.3, -0.25) is 4.79 Å². The molecule has 0 fully saturated rings. The fourth-order valence-corrected chi connectivity index (χ4v) is 5.98. The van der Waals surface area contributed by atoms with Crippen LogP contribution < -0.4 is 15.4 Å². The molecule has 0 saturated heterocycles. The Hall–Kier alpha value is -2.76. The van der Waals surface area contributed by atoms with Crippen molar-refractivity contribution in [3.63, 3.8) is 0 Å². The summed E-state index contributed by atoms with van der Waals surface area (Å²) in [6.45, 7) is 3.78. The van der Waals surface area contributed by atoms with Crippen molar-refractivity contribution in [1.29, 1.82) is 0 Å². The number of aryl methyl sites for hydroxylation is 1. The van der Waals surface area contributed by atoms with E-state index in [4.69, 9.17) is 14.6 Å². The van der Waals surface area contributed by atoms with Crippen LogP contribution >= 0.6 is 11.3 Å². The Morgan fingerprint density at radius 3 is 2.81 bits per heavy atom. The van der Waals surface area contributed by atoms with Gasteiger partial charge in [0, 0.05) is 4.88 Å². The van der Waals surface area contributed by atoms with Crippen molar-refractivity contribution in [3.05, 3.63) is 50.4 Å². The third-order valence-electron chi connectivity index (χ3n) is 5.56. The molecule has 1 aromatic carbocycles. The molecular weight excluding hydrogens is 454 g/mol. The van der Waals surface area contributed by atoms with Gasteiger partial charge < -0.3 is 14.5 Å². The maximum Gasteiger partial charge on any atom is 0.338 e. The van der Waals surface area contributed by atoms with Crippen LogP contribution in [0.5, 0.6) is 5.75 Å². The summed E-state index contributed by atoms with van der Waals surface area (Å²) >= 11 is 1.51. The van der Waals surface area contributed by atoms with Gasteiger partial charge in [0.05, 0.1) is 18.1 Å². The number of primary sulfonamides is 1. The number of sulfonamides is 1. The fourth-order valence-electron chi connectivity index (χ4n) is 3.87. The van der Waals surface area contributed by atoms with Gasteiger partial charge in [-0.25, -0.2) is 23.3 Å². The quantitative estimate of drug-likeness (QED) is 0.538. The first kappa shape index (κ1) is 22.4. The number of aromatic amines is 1. The minimum Gasteiger partial charge on any atom is -0.495 e. The molecular formula is C21H23N3O6S2. The summed E-state index contributed by atoms with van der Waals surface area (Å²) in [6.07, 6.45) is 1.96. The first-order chi connectivity index (χ1) is 15.1. The Bertz CT molecular complexity index is 1380. The number of esters is 1. The Labute approximate surface area is 188 Å². The van der Waals surface area contributed by atoms with Crippen molar-refractivity contribution in [2.24, 2.45) is 11.1 Å². The van der Waals surface area contributed by atoms with Gasteiger partial charge in [0.15, 0.2) is 11.9 Å². The molecule has 0 radical (unpaired) electrons. The first-order valence-corrected chi connectivity index (χ1v) is 12.4. The van der Waals surface area contributed by atoms with E-state index in [1.54, 1.807) is 6.92 Å². The number of aromatic nitrogens is 2. The van der Waals surface area contributed by atoms with Gasteiger partial charge in [0.1, 0.15) is 15.5 Å². The second-order valence-electron chi connectivity index (χ2n) is 7.94. The maximum atomic E-state index is 12.8. The lowest BCUT2D eigenvalue weighted by molar-refractivity contribution is 0.0319. The molecule has 1 aliphatic carbocycles. The number of carbonyl (C=O) groups is 1. The van der Waals surface area contributed by atoms with E-state index >= 15 is 0 Å². The predicted molar refractivity (Wildman–Crippen MR) is 120 cm³/mol. The van der Waals surface area contributed by atoms with Gasteiger partial charge in [0.25, 0.3) is 5.56 Å². The van der Waals surface area contributed by atoms with Gasteiger partial charge in [-0.05, 0) is 55.9 Å². The average molecular weight is 478 g/mol. The summed E-state index contributed by atoms with van der Waals surface area (Å²) in [5.74, 6) is 0.0278. The van der Waals surface area contributed by atoms with Gasteiger partial charge >= 0.3 is 5.97 Å². The summed E-state index contributed by atoms with van der Waals surface area (Å²) in [4.78, 5) is 34.2. The molecule has 2 unspecified atom stereocenters. The number of nitrogens with one attached hydrogen (secondary N) is 1. The van der Waals surface area contributed by atoms with Crippen LogP contribution in [-0.2, 0) is 27.6 Å². The molecule has 3 aromatic rings. The van der Waals surface area contributed by atoms with E-state index in [1.807, 2.05) is 0 Å². The highest BCUT2D eigenvalue weighted by molar-refractivity contribution is 7.89. The number of benzene rings is 1. The van der Waals surface area contributed by atoms with E-state index in [9.17, 15) is 18.0 Å². The van der Waals surface area contributed by atoms with Gasteiger partial charge in [-0.2, -0.15) is 0 Å². The third-order valence-corrected chi connectivity index (χ3v) is 7.64. The topological polar surface area (TPSA) is 141 Å². The molecule has 2 aromatic heterocycles. The normalized spacial score (nSPS) is 17.1. The monoisotopic (exact) mass is 477 g/mol. The molecule has 0 bridgehead atoms. The summed E-state index contributed by atoms with van der Waals surface area (Å²) in [5, 5.41) is 5.82. The van der Waals surface area contributed by atoms with E-state index in [0.717, 1.165) is 30.9 Å². The van der Waals surface area contributed by atoms with Crippen molar-refractivity contribution in [2.75, 3.05) is 7.11 Å². The van der Waals surface area contributed by atoms with Crippen LogP contribution in [0.1, 0.15) is 53.0 Å². The molecule has 0 saturated carbocycles. The van der Waals surface area contributed by atoms with Gasteiger partial charge in [-0.15, -0.1) is 11.3 Å². The standard InChI is InChI=1S/C21H23N3O6S2/c1-10-4-6-13-15(8-10)31-20-17(13)19(25)23-18(24-20)11(2)30-21(26)12-5-7-14(29-3)16(9-12)32(22,27)28/h5,7,9-11H,4,6,8H2,1-3H3,(H2,22,27,28)(H,23,24,25). The average Bonchev–Trinajstić information content (AvgIpc) is 3.10. The van der Waals surface area contributed by atoms with Gasteiger partial charge in [-0.1, -0.05) is 6.92 Å². The number of hydrogen-bond acceptors (Lipinski definition) is 8. The summed E-state index contributed by atoms with van der Waals surface area (Å²) in [5.41, 5.74) is 0.799. The highest BCUT2D eigenvalue weighted by Gasteiger charge is 2.25. The number of hydrogen-bond donors (Lipinski definition) is 2. The number of ether oxygens (including phenoxy) is 2. The van der Waals surface area contributed by atoms with E-state index in [-0.39, 0.29) is 27.6 Å². The number of nitrogens with zero attached hydrogens (tertiary/aromatic N) is 1. The molecule has 0 amide bonds. The minimum atomic E-state index is -4.11. The maximum absolute atomic E-state index is 12.8. The van der Waals surface area contributed by atoms with Crippen molar-refractivity contribution < 1.29 is 22.7 Å². The van der Waals surface area contributed by atoms with Crippen molar-refractivity contribution in [2.45, 2.75) is 44.1 Å². The molecule has 1 aliphatic rings. The van der Waals surface area contributed by atoms with Crippen molar-refractivity contribution >= 4 is 37.5 Å². The molecule has 0 spiro atoms. The van der Waals surface area contributed by atoms with Crippen LogP contribution in [0.25, 0.3) is 10.2 Å². The second kappa shape index (κ2) is 8.30. The van der Waals surface area contributed by atoms with Crippen LogP contribution in [0.15, 0.2) is 27.9 Å². The molecule has 0 aliphatic heterocycles. The number of thiophene rings is 1. The van der Waals surface area contributed by atoms with Crippen molar-refractivity contribution in [3.8, 4) is 5.75 Å². The lowest BCUT2D eigenvalue weighted by atomic mass is 9.89. The van der Waals surface area contributed by atoms with Crippen LogP contribution in [-0.4, -0.2) is 31.5 Å². The molecule has 170 valence electrons. The Kier molecular flexibility index (Phi) is 5.82. The molecule has 4 rings (SSSR count). The Balaban J connectivity index is 1.62. The van der Waals surface area contributed by atoms with Crippen LogP contribution in [0.2, 0.25) is 0 Å². The van der Waals surface area contributed by atoms with Crippen molar-refractivity contribution in [1.82, 2.24) is 9.97 Å². The molecule has 3 N–H and O–H groups in total. The van der Waals surface area contributed by atoms with Crippen LogP contribution in [0.4, 0.5) is 0 Å². The number of H-pyrrole nitrogens is 1. The van der Waals surface area contributed by atoms with E-state index < -0.39 is 22.1 Å². The second-order valence-corrected chi connectivity index (χ2v) is 10.6. The number of carbonyl (C=O) groups excluding carboxylic acids is 1. The van der Waals surface area contributed by atoms with E-state index in [2.05, 4.69) is 16.9 Å². The Morgan fingerprint density at radius 2 is 2.12 bits per heavy atom.